The van der Waals surface area contributed by atoms with Crippen LogP contribution in [0.2, 0.25) is 0 Å². The van der Waals surface area contributed by atoms with Gasteiger partial charge in [0.25, 0.3) is 0 Å². The maximum absolute atomic E-state index is 2.51. The lowest BCUT2D eigenvalue weighted by Crippen LogP contribution is -2.05. The smallest absolute Gasteiger partial charge is 0.000535 e. The number of rotatable bonds is 14. The lowest BCUT2D eigenvalue weighted by Gasteiger charge is -2.21. The number of benzene rings is 8. The molecule has 0 radical (unpaired) electrons. The van der Waals surface area contributed by atoms with Crippen molar-refractivity contribution in [1.82, 2.24) is 0 Å². The number of allylic oxidation sites excluding steroid dienone is 12. The van der Waals surface area contributed by atoms with Crippen LogP contribution in [0.25, 0.3) is 40.5 Å². The van der Waals surface area contributed by atoms with Gasteiger partial charge in [0.2, 0.25) is 0 Å². The molecule has 0 spiro atoms. The number of hydrogen-bond donors (Lipinski definition) is 0. The van der Waals surface area contributed by atoms with Crippen LogP contribution in [-0.2, 0) is 0 Å². The van der Waals surface area contributed by atoms with Crippen LogP contribution in [0.15, 0.2) is 296 Å². The lowest BCUT2D eigenvalue weighted by atomic mass is 9.83. The molecule has 0 bridgehead atoms. The van der Waals surface area contributed by atoms with Crippen LogP contribution >= 0.6 is 0 Å². The first kappa shape index (κ1) is 46.2. The van der Waals surface area contributed by atoms with Crippen LogP contribution in [0.3, 0.4) is 0 Å². The van der Waals surface area contributed by atoms with E-state index in [1.54, 1.807) is 0 Å². The van der Waals surface area contributed by atoms with E-state index in [1.807, 2.05) is 0 Å². The van der Waals surface area contributed by atoms with Crippen molar-refractivity contribution in [2.24, 2.45) is 11.8 Å². The third-order valence-corrected chi connectivity index (χ3v) is 13.2. The fourth-order valence-corrected chi connectivity index (χ4v) is 9.80. The van der Waals surface area contributed by atoms with Gasteiger partial charge in [-0.2, -0.15) is 0 Å². The molecule has 0 heterocycles. The van der Waals surface area contributed by atoms with Gasteiger partial charge >= 0.3 is 0 Å². The van der Waals surface area contributed by atoms with Crippen LogP contribution < -0.4 is 0 Å². The Balaban J connectivity index is 1.12. The Labute approximate surface area is 421 Å². The highest BCUT2D eigenvalue weighted by Gasteiger charge is 2.18. The van der Waals surface area contributed by atoms with Gasteiger partial charge in [0, 0.05) is 5.92 Å². The van der Waals surface area contributed by atoms with Gasteiger partial charge in [-0.15, -0.1) is 0 Å². The molecule has 0 saturated carbocycles. The number of hydrogen-bond acceptors (Lipinski definition) is 0. The van der Waals surface area contributed by atoms with Gasteiger partial charge in [0.05, 0.1) is 0 Å². The van der Waals surface area contributed by atoms with E-state index in [0.29, 0.717) is 5.92 Å². The van der Waals surface area contributed by atoms with Crippen LogP contribution in [-0.4, -0.2) is 0 Å². The standard InChI is InChI=1S/C71H58/c1-53-24-23-39-67(42-53)71(66-37-21-8-22-38-66)52-59-46-55(45-58(48-59)51-70(64-33-17-6-18-34-64)65-35-19-7-20-36-65)41-40-54-43-56(49-68(60-25-9-2-10-26-60)61-27-11-3-12-28-61)47-57(44-54)50-69(62-29-13-4-14-30-62)63-31-15-5-16-32-63/h2-23,25-45,47-53,59H,24,46H2,1H3/b41-40-,71-52+. The predicted octanol–water partition coefficient (Wildman–Crippen LogP) is 18.5. The predicted molar refractivity (Wildman–Crippen MR) is 305 cm³/mol. The molecule has 2 atom stereocenters. The summed E-state index contributed by atoms with van der Waals surface area (Å²) >= 11 is 0. The molecule has 0 heteroatoms. The van der Waals surface area contributed by atoms with Crippen molar-refractivity contribution in [2.45, 2.75) is 19.8 Å². The zero-order valence-electron chi connectivity index (χ0n) is 40.4. The summed E-state index contributed by atoms with van der Waals surface area (Å²) in [6, 6.07) is 82.5. The molecule has 0 aromatic heterocycles. The first-order valence-corrected chi connectivity index (χ1v) is 25.0. The van der Waals surface area contributed by atoms with Gasteiger partial charge in [0.1, 0.15) is 0 Å². The van der Waals surface area contributed by atoms with Gasteiger partial charge in [-0.25, -0.2) is 0 Å². The fraction of sp³-hybridized carbons (Fsp3) is 0.0704. The first-order chi connectivity index (χ1) is 35.1. The molecule has 8 aromatic rings. The van der Waals surface area contributed by atoms with E-state index in [1.165, 1.54) is 78.0 Å². The Morgan fingerprint density at radius 2 is 0.761 bits per heavy atom. The Kier molecular flexibility index (Phi) is 14.7. The van der Waals surface area contributed by atoms with Crippen LogP contribution in [0.4, 0.5) is 0 Å². The topological polar surface area (TPSA) is 0 Å². The quantitative estimate of drug-likeness (QED) is 0.0954. The molecular weight excluding hydrogens is 853 g/mol. The van der Waals surface area contributed by atoms with E-state index in [0.717, 1.165) is 29.5 Å². The fourth-order valence-electron chi connectivity index (χ4n) is 9.80. The van der Waals surface area contributed by atoms with E-state index in [9.17, 15) is 0 Å². The summed E-state index contributed by atoms with van der Waals surface area (Å²) in [5, 5.41) is 0. The molecule has 0 amide bonds. The summed E-state index contributed by atoms with van der Waals surface area (Å²) in [6.45, 7) is 2.32. The summed E-state index contributed by atoms with van der Waals surface area (Å²) in [7, 11) is 0. The summed E-state index contributed by atoms with van der Waals surface area (Å²) in [5.41, 5.74) is 20.4. The van der Waals surface area contributed by atoms with Crippen molar-refractivity contribution < 1.29 is 0 Å². The van der Waals surface area contributed by atoms with Crippen molar-refractivity contribution >= 4 is 40.5 Å². The third kappa shape index (κ3) is 12.0. The average molecular weight is 911 g/mol. The van der Waals surface area contributed by atoms with Crippen LogP contribution in [0, 0.1) is 11.8 Å². The molecule has 342 valence electrons. The second kappa shape index (κ2) is 22.7. The minimum atomic E-state index is 0.145. The van der Waals surface area contributed by atoms with Gasteiger partial charge in [-0.1, -0.05) is 268 Å². The molecule has 8 aromatic carbocycles. The zero-order chi connectivity index (χ0) is 48.0. The van der Waals surface area contributed by atoms with Gasteiger partial charge in [0.15, 0.2) is 0 Å². The van der Waals surface area contributed by atoms with E-state index in [2.05, 4.69) is 304 Å². The van der Waals surface area contributed by atoms with Crippen molar-refractivity contribution in [3.05, 3.63) is 351 Å². The van der Waals surface area contributed by atoms with E-state index in [4.69, 9.17) is 0 Å². The normalized spacial score (nSPS) is 15.5. The van der Waals surface area contributed by atoms with Crippen molar-refractivity contribution in [3.63, 3.8) is 0 Å². The summed E-state index contributed by atoms with van der Waals surface area (Å²) in [5.74, 6) is 0.630. The van der Waals surface area contributed by atoms with Crippen molar-refractivity contribution in [2.75, 3.05) is 0 Å². The molecule has 0 saturated heterocycles. The van der Waals surface area contributed by atoms with Gasteiger partial charge < -0.3 is 0 Å². The maximum atomic E-state index is 2.51. The SMILES string of the molecule is CC1C=C(/C(=C/C2C=C(C=C(c3ccccc3)c3ccccc3)C=C(/C=C\c3cc(C=C(c4ccccc4)c4ccccc4)cc(C=C(c4ccccc4)c4ccccc4)c3)C2)c2ccccc2)C=CC1. The second-order valence-electron chi connectivity index (χ2n) is 18.6. The molecular formula is C71H58. The molecule has 0 fully saturated rings. The molecule has 2 aliphatic carbocycles. The molecule has 71 heavy (non-hydrogen) atoms. The van der Waals surface area contributed by atoms with E-state index < -0.39 is 0 Å². The highest BCUT2D eigenvalue weighted by atomic mass is 14.2. The Morgan fingerprint density at radius 1 is 0.394 bits per heavy atom. The summed E-state index contributed by atoms with van der Waals surface area (Å²) in [6.07, 6.45) is 28.2. The van der Waals surface area contributed by atoms with E-state index >= 15 is 0 Å². The molecule has 2 aliphatic rings. The third-order valence-electron chi connectivity index (χ3n) is 13.2. The molecule has 10 rings (SSSR count). The Bertz CT molecular complexity index is 3100. The molecule has 2 unspecified atom stereocenters. The first-order valence-electron chi connectivity index (χ1n) is 25.0. The largest absolute Gasteiger partial charge is 0.0834 e. The lowest BCUT2D eigenvalue weighted by molar-refractivity contribution is 0.732. The van der Waals surface area contributed by atoms with Crippen LogP contribution in [0.5, 0.6) is 0 Å². The maximum Gasteiger partial charge on any atom is 0.000535 e. The van der Waals surface area contributed by atoms with Gasteiger partial charge in [-0.3, -0.25) is 0 Å². The molecule has 0 aliphatic heterocycles. The highest BCUT2D eigenvalue weighted by Crippen LogP contribution is 2.37. The van der Waals surface area contributed by atoms with Crippen molar-refractivity contribution in [3.8, 4) is 0 Å². The highest BCUT2D eigenvalue weighted by molar-refractivity contribution is 5.94. The van der Waals surface area contributed by atoms with Crippen molar-refractivity contribution in [1.29, 1.82) is 0 Å². The summed E-state index contributed by atoms with van der Waals surface area (Å²) < 4.78 is 0. The molecule has 0 N–H and O–H groups in total. The Morgan fingerprint density at radius 3 is 1.15 bits per heavy atom. The minimum Gasteiger partial charge on any atom is -0.0834 e. The monoisotopic (exact) mass is 910 g/mol. The molecule has 0 nitrogen and oxygen atoms in total. The van der Waals surface area contributed by atoms with E-state index in [-0.39, 0.29) is 5.92 Å². The van der Waals surface area contributed by atoms with Gasteiger partial charge in [-0.05, 0) is 150 Å². The summed E-state index contributed by atoms with van der Waals surface area (Å²) in [4.78, 5) is 0. The van der Waals surface area contributed by atoms with Crippen LogP contribution in [0.1, 0.15) is 75.4 Å². The average Bonchev–Trinajstić information content (AvgIpc) is 3.43. The Hall–Kier alpha value is -8.58. The second-order valence-corrected chi connectivity index (χ2v) is 18.6. The minimum absolute atomic E-state index is 0.145. The zero-order valence-corrected chi connectivity index (χ0v) is 40.4.